The lowest BCUT2D eigenvalue weighted by Crippen LogP contribution is -2.49. The first-order valence-electron chi connectivity index (χ1n) is 9.15. The molecule has 1 saturated heterocycles. The number of nitrogens with zero attached hydrogens (tertiary/aromatic N) is 2. The quantitative estimate of drug-likeness (QED) is 0.875. The van der Waals surface area contributed by atoms with E-state index in [1.807, 2.05) is 4.90 Å². The van der Waals surface area contributed by atoms with Crippen molar-refractivity contribution in [2.45, 2.75) is 39.7 Å². The van der Waals surface area contributed by atoms with E-state index in [0.29, 0.717) is 23.6 Å². The number of carbonyl (C=O) groups is 1. The fraction of sp³-hybridized carbons (Fsp3) is 0.450. The van der Waals surface area contributed by atoms with Crippen LogP contribution in [0, 0.1) is 13.8 Å². The molecule has 26 heavy (non-hydrogen) atoms. The Hall–Kier alpha value is -2.47. The number of benzene rings is 1. The van der Waals surface area contributed by atoms with Gasteiger partial charge in [-0.2, -0.15) is 0 Å². The van der Waals surface area contributed by atoms with Gasteiger partial charge in [0.25, 0.3) is 5.56 Å². The summed E-state index contributed by atoms with van der Waals surface area (Å²) in [4.78, 5) is 34.1. The molecule has 1 aliphatic rings. The van der Waals surface area contributed by atoms with Gasteiger partial charge in [0.1, 0.15) is 5.82 Å². The minimum atomic E-state index is -0.220. The summed E-state index contributed by atoms with van der Waals surface area (Å²) >= 11 is 0. The maximum Gasteiger partial charge on any atom is 0.254 e. The molecule has 1 aromatic carbocycles. The molecule has 138 valence electrons. The van der Waals surface area contributed by atoms with Crippen LogP contribution in [0.15, 0.2) is 29.1 Å². The number of nitrogens with one attached hydrogen (secondary N) is 2. The van der Waals surface area contributed by atoms with Crippen molar-refractivity contribution in [3.05, 3.63) is 62.8 Å². The van der Waals surface area contributed by atoms with Crippen LogP contribution in [-0.4, -0.2) is 40.4 Å². The standard InChI is InChI=1S/C20H26N4O2/c1-4-15-5-7-16(8-6-15)18-12-21-9-10-24(18)19(25)11-17-13(2)22-14(3)23-20(17)26/h5-8,18,21H,4,9-12H2,1-3H3,(H,22,23,26). The van der Waals surface area contributed by atoms with Crippen molar-refractivity contribution in [3.63, 3.8) is 0 Å². The van der Waals surface area contributed by atoms with Gasteiger partial charge in [-0.1, -0.05) is 31.2 Å². The summed E-state index contributed by atoms with van der Waals surface area (Å²) in [5, 5.41) is 3.37. The SMILES string of the molecule is CCc1ccc(C2CNCCN2C(=O)Cc2c(C)nc(C)[nH]c2=O)cc1. The monoisotopic (exact) mass is 354 g/mol. The number of hydrogen-bond donors (Lipinski definition) is 2. The summed E-state index contributed by atoms with van der Waals surface area (Å²) in [7, 11) is 0. The molecule has 1 unspecified atom stereocenters. The highest BCUT2D eigenvalue weighted by molar-refractivity contribution is 5.79. The Bertz CT molecular complexity index is 842. The molecule has 1 amide bonds. The van der Waals surface area contributed by atoms with Crippen molar-refractivity contribution in [2.75, 3.05) is 19.6 Å². The van der Waals surface area contributed by atoms with Crippen LogP contribution in [0.2, 0.25) is 0 Å². The van der Waals surface area contributed by atoms with Gasteiger partial charge in [-0.15, -0.1) is 0 Å². The minimum Gasteiger partial charge on any atom is -0.333 e. The van der Waals surface area contributed by atoms with Crippen molar-refractivity contribution < 1.29 is 4.79 Å². The number of rotatable bonds is 4. The van der Waals surface area contributed by atoms with E-state index >= 15 is 0 Å². The number of hydrogen-bond acceptors (Lipinski definition) is 4. The molecule has 3 rings (SSSR count). The summed E-state index contributed by atoms with van der Waals surface area (Å²) in [5.41, 5.74) is 3.26. The summed E-state index contributed by atoms with van der Waals surface area (Å²) in [5.74, 6) is 0.537. The summed E-state index contributed by atoms with van der Waals surface area (Å²) in [6.07, 6.45) is 1.08. The maximum atomic E-state index is 13.0. The van der Waals surface area contributed by atoms with Crippen LogP contribution in [0.4, 0.5) is 0 Å². The van der Waals surface area contributed by atoms with E-state index in [2.05, 4.69) is 46.5 Å². The lowest BCUT2D eigenvalue weighted by atomic mass is 10.00. The molecule has 0 saturated carbocycles. The largest absolute Gasteiger partial charge is 0.333 e. The summed E-state index contributed by atoms with van der Waals surface area (Å²) < 4.78 is 0. The number of aromatic amines is 1. The lowest BCUT2D eigenvalue weighted by Gasteiger charge is -2.36. The van der Waals surface area contributed by atoms with Crippen LogP contribution in [0.1, 0.15) is 41.2 Å². The predicted molar refractivity (Wildman–Crippen MR) is 101 cm³/mol. The summed E-state index contributed by atoms with van der Waals surface area (Å²) in [6, 6.07) is 8.42. The number of aromatic nitrogens is 2. The van der Waals surface area contributed by atoms with Crippen molar-refractivity contribution >= 4 is 5.91 Å². The van der Waals surface area contributed by atoms with Crippen LogP contribution in [-0.2, 0) is 17.6 Å². The Labute approximate surface area is 153 Å². The fourth-order valence-electron chi connectivity index (χ4n) is 3.49. The van der Waals surface area contributed by atoms with E-state index in [0.717, 1.165) is 25.1 Å². The van der Waals surface area contributed by atoms with Crippen LogP contribution in [0.5, 0.6) is 0 Å². The molecule has 0 bridgehead atoms. The Morgan fingerprint density at radius 1 is 1.27 bits per heavy atom. The number of piperazine rings is 1. The normalized spacial score (nSPS) is 17.3. The van der Waals surface area contributed by atoms with Gasteiger partial charge in [-0.25, -0.2) is 4.98 Å². The fourth-order valence-corrected chi connectivity index (χ4v) is 3.49. The predicted octanol–water partition coefficient (Wildman–Crippen LogP) is 1.66. The molecule has 2 heterocycles. The zero-order valence-electron chi connectivity index (χ0n) is 15.6. The Morgan fingerprint density at radius 3 is 2.65 bits per heavy atom. The molecule has 0 aliphatic carbocycles. The number of aryl methyl sites for hydroxylation is 3. The second-order valence-corrected chi connectivity index (χ2v) is 6.79. The van der Waals surface area contributed by atoms with Crippen LogP contribution in [0.3, 0.4) is 0 Å². The van der Waals surface area contributed by atoms with Gasteiger partial charge in [0.2, 0.25) is 5.91 Å². The second kappa shape index (κ2) is 7.83. The molecule has 1 aromatic heterocycles. The van der Waals surface area contributed by atoms with Gasteiger partial charge in [0, 0.05) is 30.9 Å². The summed E-state index contributed by atoms with van der Waals surface area (Å²) in [6.45, 7) is 7.77. The first-order valence-corrected chi connectivity index (χ1v) is 9.15. The van der Waals surface area contributed by atoms with E-state index in [-0.39, 0.29) is 23.9 Å². The Kier molecular flexibility index (Phi) is 5.52. The van der Waals surface area contributed by atoms with Gasteiger partial charge < -0.3 is 15.2 Å². The highest BCUT2D eigenvalue weighted by atomic mass is 16.2. The molecule has 2 N–H and O–H groups in total. The van der Waals surface area contributed by atoms with Gasteiger partial charge >= 0.3 is 0 Å². The molecule has 6 heteroatoms. The third-order valence-corrected chi connectivity index (χ3v) is 5.01. The minimum absolute atomic E-state index is 0.0139. The van der Waals surface area contributed by atoms with E-state index in [9.17, 15) is 9.59 Å². The smallest absolute Gasteiger partial charge is 0.254 e. The highest BCUT2D eigenvalue weighted by Crippen LogP contribution is 2.23. The third-order valence-electron chi connectivity index (χ3n) is 5.01. The molecular weight excluding hydrogens is 328 g/mol. The van der Waals surface area contributed by atoms with Crippen molar-refractivity contribution in [2.24, 2.45) is 0 Å². The van der Waals surface area contributed by atoms with E-state index in [4.69, 9.17) is 0 Å². The average Bonchev–Trinajstić information content (AvgIpc) is 2.64. The molecule has 1 aliphatic heterocycles. The Morgan fingerprint density at radius 2 is 2.00 bits per heavy atom. The topological polar surface area (TPSA) is 78.1 Å². The molecule has 6 nitrogen and oxygen atoms in total. The second-order valence-electron chi connectivity index (χ2n) is 6.79. The van der Waals surface area contributed by atoms with Gasteiger partial charge in [0.05, 0.1) is 12.5 Å². The molecule has 0 radical (unpaired) electrons. The maximum absolute atomic E-state index is 13.0. The molecule has 1 fully saturated rings. The van der Waals surface area contributed by atoms with Gasteiger partial charge in [-0.05, 0) is 31.4 Å². The molecule has 1 atom stereocenters. The first kappa shape index (κ1) is 18.3. The van der Waals surface area contributed by atoms with Gasteiger partial charge in [0.15, 0.2) is 0 Å². The molecule has 2 aromatic rings. The van der Waals surface area contributed by atoms with Crippen LogP contribution < -0.4 is 10.9 Å². The van der Waals surface area contributed by atoms with E-state index in [1.54, 1.807) is 13.8 Å². The van der Waals surface area contributed by atoms with Crippen molar-refractivity contribution in [1.82, 2.24) is 20.2 Å². The van der Waals surface area contributed by atoms with E-state index in [1.165, 1.54) is 5.56 Å². The van der Waals surface area contributed by atoms with Crippen molar-refractivity contribution in [3.8, 4) is 0 Å². The van der Waals surface area contributed by atoms with Gasteiger partial charge in [-0.3, -0.25) is 9.59 Å². The molecular formula is C20H26N4O2. The third kappa shape index (κ3) is 3.85. The van der Waals surface area contributed by atoms with Crippen LogP contribution in [0.25, 0.3) is 0 Å². The number of H-pyrrole nitrogens is 1. The highest BCUT2D eigenvalue weighted by Gasteiger charge is 2.28. The lowest BCUT2D eigenvalue weighted by molar-refractivity contribution is -0.133. The number of carbonyl (C=O) groups excluding carboxylic acids is 1. The van der Waals surface area contributed by atoms with Crippen molar-refractivity contribution in [1.29, 1.82) is 0 Å². The van der Waals surface area contributed by atoms with E-state index < -0.39 is 0 Å². The zero-order valence-corrected chi connectivity index (χ0v) is 15.6. The average molecular weight is 354 g/mol. The van der Waals surface area contributed by atoms with Crippen LogP contribution >= 0.6 is 0 Å². The number of amides is 1. The zero-order chi connectivity index (χ0) is 18.7. The Balaban J connectivity index is 1.83. The molecule has 0 spiro atoms. The first-order chi connectivity index (χ1) is 12.5.